The summed E-state index contributed by atoms with van der Waals surface area (Å²) in [5.41, 5.74) is 2.92. The molecule has 2 aliphatic heterocycles. The van der Waals surface area contributed by atoms with E-state index in [0.717, 1.165) is 16.8 Å². The minimum absolute atomic E-state index is 0.142. The van der Waals surface area contributed by atoms with Gasteiger partial charge in [-0.15, -0.1) is 11.8 Å². The molecule has 0 aliphatic carbocycles. The lowest BCUT2D eigenvalue weighted by atomic mass is 10.0. The predicted molar refractivity (Wildman–Crippen MR) is 126 cm³/mol. The number of rotatable bonds is 3. The van der Waals surface area contributed by atoms with Crippen molar-refractivity contribution in [3.8, 4) is 0 Å². The second-order valence-electron chi connectivity index (χ2n) is 7.46. The van der Waals surface area contributed by atoms with Crippen LogP contribution in [-0.4, -0.2) is 29.0 Å². The normalized spacial score (nSPS) is 19.9. The first kappa shape index (κ1) is 20.4. The van der Waals surface area contributed by atoms with Crippen LogP contribution in [0.25, 0.3) is 0 Å². The van der Waals surface area contributed by atoms with Gasteiger partial charge in [0.15, 0.2) is 4.87 Å². The van der Waals surface area contributed by atoms with E-state index in [0.29, 0.717) is 34.5 Å². The van der Waals surface area contributed by atoms with Gasteiger partial charge < -0.3 is 9.80 Å². The molecule has 156 valence electrons. The smallest absolute Gasteiger partial charge is 0.268 e. The van der Waals surface area contributed by atoms with Crippen LogP contribution in [0.1, 0.15) is 21.5 Å². The molecule has 0 aromatic heterocycles. The van der Waals surface area contributed by atoms with Gasteiger partial charge in [-0.25, -0.2) is 0 Å². The first-order valence-electron chi connectivity index (χ1n) is 9.89. The van der Waals surface area contributed by atoms with E-state index in [2.05, 4.69) is 0 Å². The van der Waals surface area contributed by atoms with Crippen LogP contribution in [0.4, 0.5) is 5.69 Å². The summed E-state index contributed by atoms with van der Waals surface area (Å²) in [6.07, 6.45) is 0. The summed E-state index contributed by atoms with van der Waals surface area (Å²) in [5, 5.41) is 1.13. The lowest BCUT2D eigenvalue weighted by Crippen LogP contribution is -2.50. The summed E-state index contributed by atoms with van der Waals surface area (Å²) in [7, 11) is 0. The van der Waals surface area contributed by atoms with Crippen LogP contribution in [0.2, 0.25) is 10.0 Å². The number of anilines is 1. The lowest BCUT2D eigenvalue weighted by molar-refractivity contribution is -0.123. The number of hydrogen-bond acceptors (Lipinski definition) is 3. The fourth-order valence-corrected chi connectivity index (χ4v) is 6.10. The van der Waals surface area contributed by atoms with Crippen molar-refractivity contribution in [2.24, 2.45) is 0 Å². The third kappa shape index (κ3) is 3.23. The largest absolute Gasteiger partial charge is 0.311 e. The molecule has 3 aromatic carbocycles. The van der Waals surface area contributed by atoms with Gasteiger partial charge in [-0.05, 0) is 42.0 Å². The Morgan fingerprint density at radius 3 is 2.52 bits per heavy atom. The van der Waals surface area contributed by atoms with E-state index in [4.69, 9.17) is 23.2 Å². The second kappa shape index (κ2) is 7.90. The third-order valence-corrected chi connectivity index (χ3v) is 7.73. The Balaban J connectivity index is 1.62. The van der Waals surface area contributed by atoms with E-state index in [1.807, 2.05) is 54.6 Å². The molecule has 1 fully saturated rings. The maximum Gasteiger partial charge on any atom is 0.268 e. The van der Waals surface area contributed by atoms with Crippen molar-refractivity contribution < 1.29 is 9.59 Å². The minimum atomic E-state index is -1.13. The Bertz CT molecular complexity index is 1190. The molecule has 1 unspecified atom stereocenters. The van der Waals surface area contributed by atoms with Gasteiger partial charge in [0.05, 0.1) is 12.2 Å². The average molecular weight is 469 g/mol. The van der Waals surface area contributed by atoms with E-state index in [9.17, 15) is 9.59 Å². The summed E-state index contributed by atoms with van der Waals surface area (Å²) in [6, 6.07) is 22.0. The second-order valence-corrected chi connectivity index (χ2v) is 9.59. The molecule has 4 nitrogen and oxygen atoms in total. The van der Waals surface area contributed by atoms with E-state index in [-0.39, 0.29) is 11.8 Å². The first-order chi connectivity index (χ1) is 15.0. The maximum absolute atomic E-state index is 14.0. The zero-order chi connectivity index (χ0) is 21.6. The highest BCUT2D eigenvalue weighted by Crippen LogP contribution is 2.55. The Morgan fingerprint density at radius 1 is 1.00 bits per heavy atom. The monoisotopic (exact) mass is 468 g/mol. The molecule has 5 rings (SSSR count). The van der Waals surface area contributed by atoms with Gasteiger partial charge in [0, 0.05) is 33.5 Å². The maximum atomic E-state index is 14.0. The van der Waals surface area contributed by atoms with Crippen molar-refractivity contribution in [3.63, 3.8) is 0 Å². The van der Waals surface area contributed by atoms with Gasteiger partial charge in [-0.1, -0.05) is 59.6 Å². The summed E-state index contributed by atoms with van der Waals surface area (Å²) in [4.78, 5) is 29.7. The molecule has 2 amide bonds. The molecule has 0 radical (unpaired) electrons. The average Bonchev–Trinajstić information content (AvgIpc) is 3.32. The van der Waals surface area contributed by atoms with Crippen LogP contribution in [0.3, 0.4) is 0 Å². The molecular weight excluding hydrogens is 451 g/mol. The van der Waals surface area contributed by atoms with Crippen molar-refractivity contribution in [1.82, 2.24) is 4.90 Å². The van der Waals surface area contributed by atoms with E-state index in [1.165, 1.54) is 11.8 Å². The third-order valence-electron chi connectivity index (χ3n) is 5.71. The SMILES string of the molecule is O=C(c1ccccc1)N1CCSC12C(=O)N(Cc1ccccc1Cl)c1ccc(Cl)cc12. The molecule has 1 saturated heterocycles. The number of halogens is 2. The van der Waals surface area contributed by atoms with Gasteiger partial charge in [0.1, 0.15) is 0 Å². The van der Waals surface area contributed by atoms with Crippen molar-refractivity contribution in [1.29, 1.82) is 0 Å². The minimum Gasteiger partial charge on any atom is -0.311 e. The Kier molecular flexibility index (Phi) is 5.21. The number of carbonyl (C=O) groups excluding carboxylic acids is 2. The summed E-state index contributed by atoms with van der Waals surface area (Å²) in [5.74, 6) is 0.358. The van der Waals surface area contributed by atoms with E-state index >= 15 is 0 Å². The molecule has 31 heavy (non-hydrogen) atoms. The van der Waals surface area contributed by atoms with E-state index < -0.39 is 4.87 Å². The number of amides is 2. The van der Waals surface area contributed by atoms with Gasteiger partial charge in [0.25, 0.3) is 11.8 Å². The molecule has 2 heterocycles. The fraction of sp³-hybridized carbons (Fsp3) is 0.167. The van der Waals surface area contributed by atoms with Crippen LogP contribution in [0, 0.1) is 0 Å². The molecule has 0 bridgehead atoms. The Morgan fingerprint density at radius 2 is 1.74 bits per heavy atom. The van der Waals surface area contributed by atoms with Crippen molar-refractivity contribution in [2.45, 2.75) is 11.4 Å². The van der Waals surface area contributed by atoms with Crippen LogP contribution in [0.5, 0.6) is 0 Å². The number of benzene rings is 3. The molecular formula is C24H18Cl2N2O2S. The molecule has 0 N–H and O–H groups in total. The standard InChI is InChI=1S/C24H18Cl2N2O2S/c25-18-10-11-21-19(14-18)24(23(30)27(21)15-17-8-4-5-9-20(17)26)28(12-13-31-24)22(29)16-6-2-1-3-7-16/h1-11,14H,12-13,15H2. The summed E-state index contributed by atoms with van der Waals surface area (Å²) < 4.78 is 0. The van der Waals surface area contributed by atoms with Gasteiger partial charge in [-0.2, -0.15) is 0 Å². The number of nitrogens with zero attached hydrogens (tertiary/aromatic N) is 2. The van der Waals surface area contributed by atoms with Gasteiger partial charge in [-0.3, -0.25) is 9.59 Å². The van der Waals surface area contributed by atoms with Crippen LogP contribution in [-0.2, 0) is 16.2 Å². The van der Waals surface area contributed by atoms with E-state index in [1.54, 1.807) is 28.0 Å². The highest BCUT2D eigenvalue weighted by Gasteiger charge is 2.59. The highest BCUT2D eigenvalue weighted by atomic mass is 35.5. The van der Waals surface area contributed by atoms with Crippen molar-refractivity contribution >= 4 is 52.5 Å². The summed E-state index contributed by atoms with van der Waals surface area (Å²) in [6.45, 7) is 0.804. The highest BCUT2D eigenvalue weighted by molar-refractivity contribution is 8.01. The quantitative estimate of drug-likeness (QED) is 0.503. The van der Waals surface area contributed by atoms with Crippen molar-refractivity contribution in [2.75, 3.05) is 17.2 Å². The topological polar surface area (TPSA) is 40.6 Å². The number of fused-ring (bicyclic) bond motifs is 2. The molecule has 2 aliphatic rings. The van der Waals surface area contributed by atoms with Crippen LogP contribution >= 0.6 is 35.0 Å². The fourth-order valence-electron chi connectivity index (χ4n) is 4.28. The lowest BCUT2D eigenvalue weighted by Gasteiger charge is -2.33. The first-order valence-corrected chi connectivity index (χ1v) is 11.6. The van der Waals surface area contributed by atoms with Gasteiger partial charge >= 0.3 is 0 Å². The summed E-state index contributed by atoms with van der Waals surface area (Å²) >= 11 is 14.2. The molecule has 0 saturated carbocycles. The van der Waals surface area contributed by atoms with Crippen molar-refractivity contribution in [3.05, 3.63) is 99.5 Å². The molecule has 1 atom stereocenters. The number of carbonyl (C=O) groups is 2. The Labute approximate surface area is 194 Å². The van der Waals surface area contributed by atoms with Gasteiger partial charge in [0.2, 0.25) is 0 Å². The van der Waals surface area contributed by atoms with Crippen LogP contribution < -0.4 is 4.90 Å². The Hall–Kier alpha value is -2.47. The van der Waals surface area contributed by atoms with Crippen LogP contribution in [0.15, 0.2) is 72.8 Å². The number of hydrogen-bond donors (Lipinski definition) is 0. The predicted octanol–water partition coefficient (Wildman–Crippen LogP) is 5.58. The number of thioether (sulfide) groups is 1. The zero-order valence-electron chi connectivity index (χ0n) is 16.4. The zero-order valence-corrected chi connectivity index (χ0v) is 18.8. The molecule has 7 heteroatoms. The molecule has 3 aromatic rings. The molecule has 1 spiro atoms.